The number of rotatable bonds is 16. The molecule has 4 aromatic heterocycles. The van der Waals surface area contributed by atoms with Crippen LogP contribution < -0.4 is 0 Å². The van der Waals surface area contributed by atoms with Gasteiger partial charge in [-0.3, -0.25) is 14.4 Å². The smallest absolute Gasteiger partial charge is 0.266 e. The van der Waals surface area contributed by atoms with E-state index in [-0.39, 0.29) is 133 Å². The fraction of sp³-hybridized carbons (Fsp3) is 0.882. The molecule has 16 aliphatic carbocycles. The number of halogens is 8. The highest BCUT2D eigenvalue weighted by atomic mass is 19.3. The van der Waals surface area contributed by atoms with E-state index >= 15 is 0 Å². The third-order valence-corrected chi connectivity index (χ3v) is 39.0. The average molecular weight is 1710 g/mol. The summed E-state index contributed by atoms with van der Waals surface area (Å²) in [4.78, 5) is 40.9. The predicted molar refractivity (Wildman–Crippen MR) is 436 cm³/mol. The number of nitrogens with zero attached hydrogens (tertiary/aromatic N) is 14. The van der Waals surface area contributed by atoms with Crippen LogP contribution in [-0.4, -0.2) is 156 Å². The molecule has 16 aliphatic rings. The summed E-state index contributed by atoms with van der Waals surface area (Å²) in [6.45, 7) is 19.0. The van der Waals surface area contributed by atoms with Gasteiger partial charge in [0.25, 0.3) is 25.7 Å². The Morgan fingerprint density at radius 1 is 0.377 bits per heavy atom. The second-order valence-corrected chi connectivity index (χ2v) is 44.0. The molecule has 0 bridgehead atoms. The van der Waals surface area contributed by atoms with E-state index in [0.29, 0.717) is 131 Å². The second kappa shape index (κ2) is 34.1. The first-order chi connectivity index (χ1) is 58.1. The lowest BCUT2D eigenvalue weighted by molar-refractivity contribution is -0.160. The van der Waals surface area contributed by atoms with Crippen molar-refractivity contribution in [1.29, 1.82) is 0 Å². The largest absolute Gasteiger partial charge is 0.384 e. The number of allylic oxidation sites excluding steroid dienone is 1. The Kier molecular flexibility index (Phi) is 24.8. The summed E-state index contributed by atoms with van der Waals surface area (Å²) in [5.74, 6) is 12.7. The van der Waals surface area contributed by atoms with Crippen LogP contribution in [0.25, 0.3) is 0 Å². The van der Waals surface area contributed by atoms with Crippen LogP contribution in [0.5, 0.6) is 0 Å². The zero-order valence-corrected chi connectivity index (χ0v) is 72.8. The van der Waals surface area contributed by atoms with Crippen LogP contribution >= 0.6 is 0 Å². The van der Waals surface area contributed by atoms with Gasteiger partial charge in [0.05, 0.1) is 18.9 Å². The molecule has 0 amide bonds. The molecule has 4 aromatic rings. The maximum atomic E-state index is 13.4. The predicted octanol–water partition coefficient (Wildman–Crippen LogP) is 16.8. The highest BCUT2D eigenvalue weighted by Crippen LogP contribution is 2.71. The molecule has 0 aliphatic heterocycles. The van der Waals surface area contributed by atoms with Gasteiger partial charge in [-0.25, -0.2) is 49.2 Å². The lowest BCUT2D eigenvalue weighted by Gasteiger charge is -2.57. The summed E-state index contributed by atoms with van der Waals surface area (Å²) < 4.78 is 112. The lowest BCUT2D eigenvalue weighted by Crippen LogP contribution is -2.53. The van der Waals surface area contributed by atoms with Crippen molar-refractivity contribution in [2.24, 2.45) is 164 Å². The van der Waals surface area contributed by atoms with Crippen LogP contribution in [0.3, 0.4) is 0 Å². The highest BCUT2D eigenvalue weighted by Gasteiger charge is 2.66. The topological polar surface area (TPSA) is 281 Å². The molecule has 0 spiro atoms. The van der Waals surface area contributed by atoms with Gasteiger partial charge < -0.3 is 20.4 Å². The fourth-order valence-corrected chi connectivity index (χ4v) is 33.2. The summed E-state index contributed by atoms with van der Waals surface area (Å²) in [5.41, 5.74) is -5.43. The molecule has 32 atom stereocenters. The number of ketones is 3. The number of tetrazole rings is 2. The summed E-state index contributed by atoms with van der Waals surface area (Å²) in [5, 5.41) is 80.9. The monoisotopic (exact) mass is 1710 g/mol. The molecule has 676 valence electrons. The van der Waals surface area contributed by atoms with E-state index in [1.54, 1.807) is 34.9 Å². The van der Waals surface area contributed by atoms with Crippen molar-refractivity contribution in [3.63, 3.8) is 0 Å². The van der Waals surface area contributed by atoms with Crippen molar-refractivity contribution in [3.8, 4) is 0 Å². The van der Waals surface area contributed by atoms with E-state index in [9.17, 15) is 69.9 Å². The molecule has 29 heteroatoms. The highest BCUT2D eigenvalue weighted by molar-refractivity contribution is 5.83. The number of aromatic nitrogens is 14. The van der Waals surface area contributed by atoms with Crippen LogP contribution in [0.15, 0.2) is 36.9 Å². The Labute approximate surface area is 713 Å². The molecule has 4 heterocycles. The minimum absolute atomic E-state index is 0.0130. The van der Waals surface area contributed by atoms with Gasteiger partial charge in [-0.15, -0.1) is 25.5 Å². The normalized spacial score (nSPS) is 45.1. The first kappa shape index (κ1) is 88.5. The molecular formula is C93H136F8N14O7. The zero-order chi connectivity index (χ0) is 86.1. The Morgan fingerprint density at radius 3 is 1.01 bits per heavy atom. The fourth-order valence-electron chi connectivity index (χ4n) is 33.2. The maximum Gasteiger partial charge on any atom is 0.266 e. The van der Waals surface area contributed by atoms with Gasteiger partial charge in [-0.1, -0.05) is 50.3 Å². The molecule has 4 N–H and O–H groups in total. The minimum Gasteiger partial charge on any atom is -0.384 e. The molecule has 0 saturated heterocycles. The van der Waals surface area contributed by atoms with Crippen molar-refractivity contribution < 1.29 is 69.9 Å². The molecule has 0 unspecified atom stereocenters. The summed E-state index contributed by atoms with van der Waals surface area (Å²) >= 11 is 0. The molecule has 20 rings (SSSR count). The SMILES string of the molecule is C=C(Cn1ccnn1)[C@H]1CC[C@H]2[C@@H]3CC[C@@H]4C[C@@](O)(C(F)F)CC[C@@H]4[C@H]3CC[C@]12C.C[C@]12CC[C@H]3[C@@H](CC[C@@H]4C[C@@](O)(C(F)F)CC[C@@H]43)[C@@H]1CC[C@@H]2C(=O)Cn1ccnn1.Cc1nnn(CC(=O)[C@H]2CC[C@H]3[C@@H]4CC[C@@H]5C[C@@](O)(C(F)F)CC[C@@H]5[C@H]4CC[C@]23C)n1.Cc1nnnn1CC(=O)[C@H]1CC[C@H]2[C@@H]3CC[C@@H]4C[C@@](O)(C(F)F)CC[C@@H]4[C@H]3CC[C@]12C. The van der Waals surface area contributed by atoms with E-state index in [2.05, 4.69) is 85.8 Å². The third kappa shape index (κ3) is 16.0. The molecule has 0 aromatic carbocycles. The number of fused-ring (bicyclic) bond motifs is 20. The van der Waals surface area contributed by atoms with Gasteiger partial charge in [0.2, 0.25) is 0 Å². The molecule has 16 saturated carbocycles. The average Bonchev–Trinajstić information content (AvgIpc) is 1.52. The van der Waals surface area contributed by atoms with Crippen LogP contribution in [0.4, 0.5) is 35.1 Å². The Bertz CT molecular complexity index is 4200. The second-order valence-electron chi connectivity index (χ2n) is 44.0. The van der Waals surface area contributed by atoms with Crippen molar-refractivity contribution >= 4 is 17.3 Å². The third-order valence-electron chi connectivity index (χ3n) is 39.0. The van der Waals surface area contributed by atoms with E-state index < -0.39 is 48.1 Å². The minimum atomic E-state index is -2.65. The van der Waals surface area contributed by atoms with Crippen molar-refractivity contribution in [2.75, 3.05) is 0 Å². The number of Topliss-reactive ketones (excluding diaryl/α,β-unsaturated/α-hetero) is 3. The molecule has 0 radical (unpaired) electrons. The van der Waals surface area contributed by atoms with Gasteiger partial charge >= 0.3 is 0 Å². The van der Waals surface area contributed by atoms with Crippen molar-refractivity contribution in [2.45, 2.75) is 347 Å². The van der Waals surface area contributed by atoms with E-state index in [4.69, 9.17) is 0 Å². The summed E-state index contributed by atoms with van der Waals surface area (Å²) in [7, 11) is 0. The molecule has 16 fully saturated rings. The number of alkyl halides is 8. The number of hydrogen-bond donors (Lipinski definition) is 4. The standard InChI is InChI=1S/C24H35F2N3O.2C23H34F2N4O2.C23H33F2N3O2/c1-15(14-29-12-11-27-28-29)20-5-6-21-19-4-3-16-13-24(30,22(25)26)10-8-17(16)18(19)7-9-23(20,21)2;1-13-26-27-28-29(13)12-20(30)19-6-5-18-17-4-3-14-11-23(31,21(24)25)10-8-15(14)16(17)7-9-22(18,19)2;1-13-26-28-29(27-13)12-20(30)19-6-5-18-17-4-3-14-11-23(31,21(24)25)10-8-15(14)16(17)7-9-22(18,19)2;1-22-8-6-16-15-7-9-23(30,21(24)25)12-14(15)2-3-17(16)18(22)4-5-19(22)20(29)13-28-11-10-26-27-28/h11-12,16-22,30H,1,3-10,13-14H2,2H3;2*14-19,21,31H,3-12H2,1-2H3;10-11,14-19,21,30H,2-9,12-13H2,1H3/t16-,17+,18-,19-,20-,21+,23-,24-;3*14-,15+,16-,17-,18+,19-,22+,23-/m1111/s1. The van der Waals surface area contributed by atoms with Crippen molar-refractivity contribution in [3.05, 3.63) is 48.6 Å². The number of aryl methyl sites for hydroxylation is 2. The summed E-state index contributed by atoms with van der Waals surface area (Å²) in [6, 6.07) is 0. The van der Waals surface area contributed by atoms with Crippen LogP contribution in [0.2, 0.25) is 0 Å². The molecule has 21 nitrogen and oxygen atoms in total. The molecular weight excluding hydrogens is 1580 g/mol. The Morgan fingerprint density at radius 2 is 0.697 bits per heavy atom. The Balaban J connectivity index is 0.000000116. The van der Waals surface area contributed by atoms with Crippen LogP contribution in [-0.2, 0) is 40.6 Å². The van der Waals surface area contributed by atoms with E-state index in [1.807, 2.05) is 17.8 Å². The number of aliphatic hydroxyl groups is 4. The number of carbonyl (C=O) groups is 3. The number of hydrogen-bond acceptors (Lipinski definition) is 17. The van der Waals surface area contributed by atoms with Gasteiger partial charge in [0.1, 0.15) is 47.9 Å². The van der Waals surface area contributed by atoms with Crippen molar-refractivity contribution in [1.82, 2.24) is 70.4 Å². The van der Waals surface area contributed by atoms with Crippen LogP contribution in [0.1, 0.15) is 270 Å². The Hall–Kier alpha value is -5.55. The van der Waals surface area contributed by atoms with Gasteiger partial charge in [0.15, 0.2) is 23.2 Å². The maximum absolute atomic E-state index is 13.4. The quantitative estimate of drug-likeness (QED) is 0.0599. The van der Waals surface area contributed by atoms with E-state index in [0.717, 1.165) is 161 Å². The van der Waals surface area contributed by atoms with Gasteiger partial charge in [-0.2, -0.15) is 4.80 Å². The zero-order valence-electron chi connectivity index (χ0n) is 72.8. The van der Waals surface area contributed by atoms with Gasteiger partial charge in [0, 0.05) is 30.1 Å². The first-order valence-corrected chi connectivity index (χ1v) is 47.5. The molecule has 122 heavy (non-hydrogen) atoms. The van der Waals surface area contributed by atoms with Gasteiger partial charge in [-0.05, 0) is 407 Å². The first-order valence-electron chi connectivity index (χ1n) is 47.5. The van der Waals surface area contributed by atoms with Crippen LogP contribution in [0, 0.1) is 178 Å². The van der Waals surface area contributed by atoms with E-state index in [1.165, 1.54) is 36.1 Å². The summed E-state index contributed by atoms with van der Waals surface area (Å²) in [6.07, 6.45) is 26.9. The number of carbonyl (C=O) groups excluding carboxylic acids is 3. The lowest BCUT2D eigenvalue weighted by atomic mass is 9.48.